The third-order valence-electron chi connectivity index (χ3n) is 5.08. The van der Waals surface area contributed by atoms with Gasteiger partial charge in [-0.25, -0.2) is 4.79 Å². The summed E-state index contributed by atoms with van der Waals surface area (Å²) >= 11 is 1.16. The predicted octanol–water partition coefficient (Wildman–Crippen LogP) is -0.377. The third-order valence-corrected chi connectivity index (χ3v) is 5.86. The van der Waals surface area contributed by atoms with E-state index in [1.54, 1.807) is 6.07 Å². The van der Waals surface area contributed by atoms with Crippen LogP contribution in [0.4, 0.5) is 0 Å². The molecule has 1 aromatic rings. The van der Waals surface area contributed by atoms with Crippen molar-refractivity contribution in [1.82, 2.24) is 16.0 Å². The van der Waals surface area contributed by atoms with Gasteiger partial charge >= 0.3 is 19.1 Å². The highest BCUT2D eigenvalue weighted by molar-refractivity contribution is 8.02. The van der Waals surface area contributed by atoms with Crippen LogP contribution in [-0.2, 0) is 25.6 Å². The Morgan fingerprint density at radius 3 is 2.55 bits per heavy atom. The van der Waals surface area contributed by atoms with Gasteiger partial charge in [-0.3, -0.25) is 14.4 Å². The number of hydrogen-bond donors (Lipinski definition) is 7. The van der Waals surface area contributed by atoms with Gasteiger partial charge in [-0.05, 0) is 31.9 Å². The van der Waals surface area contributed by atoms with Crippen LogP contribution >= 0.6 is 11.8 Å². The Labute approximate surface area is 223 Å². The van der Waals surface area contributed by atoms with Gasteiger partial charge in [0.2, 0.25) is 5.60 Å². The number of fused-ring (bicyclic) bond motifs is 1. The molecule has 0 saturated carbocycles. The quantitative estimate of drug-likeness (QED) is 0.119. The summed E-state index contributed by atoms with van der Waals surface area (Å²) in [5.74, 6) is -5.03. The fourth-order valence-electron chi connectivity index (χ4n) is 3.22. The molecule has 0 aliphatic carbocycles. The maximum Gasteiger partial charge on any atom is 0.547 e. The smallest absolute Gasteiger partial charge is 0.534 e. The monoisotopic (exact) mass is 551 g/mol. The minimum atomic E-state index is -1.64. The molecule has 8 N–H and O–H groups in total. The van der Waals surface area contributed by atoms with E-state index >= 15 is 0 Å². The topological polar surface area (TPSA) is 222 Å². The normalized spacial score (nSPS) is 18.4. The Morgan fingerprint density at radius 1 is 1.29 bits per heavy atom. The van der Waals surface area contributed by atoms with Gasteiger partial charge in [-0.15, -0.1) is 0 Å². The first kappa shape index (κ1) is 30.5. The molecule has 0 fully saturated rings. The molecule has 0 saturated heterocycles. The molecule has 0 bridgehead atoms. The van der Waals surface area contributed by atoms with Crippen molar-refractivity contribution in [2.45, 2.75) is 51.2 Å². The van der Waals surface area contributed by atoms with E-state index in [-0.39, 0.29) is 29.1 Å². The molecule has 0 radical (unpaired) electrons. The molecule has 1 aromatic carbocycles. The molecule has 0 aromatic heterocycles. The van der Waals surface area contributed by atoms with E-state index in [2.05, 4.69) is 21.1 Å². The first-order chi connectivity index (χ1) is 17.9. The minimum Gasteiger partial charge on any atom is -0.534 e. The molecule has 2 amide bonds. The van der Waals surface area contributed by atoms with Gasteiger partial charge in [0.15, 0.2) is 5.71 Å². The third kappa shape index (κ3) is 7.63. The van der Waals surface area contributed by atoms with E-state index in [0.29, 0.717) is 5.56 Å². The van der Waals surface area contributed by atoms with Gasteiger partial charge in [0.05, 0.1) is 17.2 Å². The summed E-state index contributed by atoms with van der Waals surface area (Å²) in [6, 6.07) is 4.47. The molecule has 2 heterocycles. The second-order valence-corrected chi connectivity index (χ2v) is 9.26. The van der Waals surface area contributed by atoms with Crippen LogP contribution in [0.15, 0.2) is 34.5 Å². The van der Waals surface area contributed by atoms with E-state index in [9.17, 15) is 29.3 Å². The first-order valence-corrected chi connectivity index (χ1v) is 12.5. The number of carbonyl (C=O) groups is 4. The molecule has 16 heteroatoms. The Hall–Kier alpha value is -3.76. The van der Waals surface area contributed by atoms with Crippen LogP contribution in [0.25, 0.3) is 0 Å². The second-order valence-electron chi connectivity index (χ2n) is 8.24. The maximum absolute atomic E-state index is 13.1. The van der Waals surface area contributed by atoms with Gasteiger partial charge in [0.25, 0.3) is 11.8 Å². The van der Waals surface area contributed by atoms with Crippen LogP contribution in [0.3, 0.4) is 0 Å². The number of rotatable bonds is 9. The highest BCUT2D eigenvalue weighted by atomic mass is 32.2. The molecule has 2 unspecified atom stereocenters. The number of benzene rings is 1. The molecular weight excluding hydrogens is 521 g/mol. The Kier molecular flexibility index (Phi) is 10.6. The molecule has 38 heavy (non-hydrogen) atoms. The lowest BCUT2D eigenvalue weighted by Gasteiger charge is -2.29. The van der Waals surface area contributed by atoms with Crippen LogP contribution in [0, 0.1) is 0 Å². The standard InChI is InChI=1S/C20H24BN5O9S.C2H6/c1-20(2,18(32)23-7-13(27)28)35-26-14(11-8-36-19(22)24-11)16(29)25-12-6-9-4-3-5-10(17(30)31)15(9)34-21(12)33;1-2/h3-5,8,12,19,24,33H,6-7,22H2,1-2H3,(H,23,32)(H,25,29)(H,27,28)(H,30,31);1-2H3/b26-14-;. The van der Waals surface area contributed by atoms with E-state index in [0.717, 1.165) is 11.8 Å². The van der Waals surface area contributed by atoms with E-state index in [1.807, 2.05) is 13.8 Å². The van der Waals surface area contributed by atoms with Crippen LogP contribution in [0.2, 0.25) is 0 Å². The zero-order chi connectivity index (χ0) is 28.6. The molecule has 2 aliphatic rings. The number of carbonyl (C=O) groups excluding carboxylic acids is 2. The van der Waals surface area contributed by atoms with E-state index in [1.165, 1.54) is 31.4 Å². The second kappa shape index (κ2) is 13.2. The lowest BCUT2D eigenvalue weighted by atomic mass is 9.72. The molecule has 0 spiro atoms. The SMILES string of the molecule is CC.CC(C)(O/N=C(\C(=O)NC1Cc2cccc(C(=O)O)c2OB1O)C1=CSC(N)N1)C(=O)NCC(=O)O. The number of carboxylic acid groups (broad SMARTS) is 2. The Balaban J connectivity index is 0.00000247. The number of nitrogens with one attached hydrogen (secondary N) is 3. The number of oxime groups is 1. The lowest BCUT2D eigenvalue weighted by molar-refractivity contribution is -0.146. The fourth-order valence-corrected chi connectivity index (χ4v) is 3.88. The van der Waals surface area contributed by atoms with Crippen molar-refractivity contribution in [2.24, 2.45) is 10.9 Å². The average molecular weight is 551 g/mol. The van der Waals surface area contributed by atoms with Gasteiger partial charge in [0, 0.05) is 5.41 Å². The number of hydrogen-bond acceptors (Lipinski definition) is 11. The van der Waals surface area contributed by atoms with Gasteiger partial charge in [-0.2, -0.15) is 0 Å². The highest BCUT2D eigenvalue weighted by Gasteiger charge is 2.39. The van der Waals surface area contributed by atoms with E-state index < -0.39 is 54.5 Å². The lowest BCUT2D eigenvalue weighted by Crippen LogP contribution is -2.55. The van der Waals surface area contributed by atoms with Crippen molar-refractivity contribution >= 4 is 48.3 Å². The number of aliphatic carboxylic acids is 1. The molecule has 3 rings (SSSR count). The van der Waals surface area contributed by atoms with E-state index in [4.69, 9.17) is 20.3 Å². The van der Waals surface area contributed by atoms with Crippen molar-refractivity contribution in [3.05, 3.63) is 40.4 Å². The number of aromatic carboxylic acids is 1. The molecule has 206 valence electrons. The summed E-state index contributed by atoms with van der Waals surface area (Å²) in [5, 5.41) is 41.4. The summed E-state index contributed by atoms with van der Waals surface area (Å²) in [6.07, 6.45) is 0.0569. The predicted molar refractivity (Wildman–Crippen MR) is 139 cm³/mol. The van der Waals surface area contributed by atoms with Gasteiger partial charge < -0.3 is 46.4 Å². The van der Waals surface area contributed by atoms with Crippen molar-refractivity contribution < 1.29 is 43.9 Å². The molecule has 2 atom stereocenters. The van der Waals surface area contributed by atoms with Crippen LogP contribution in [-0.4, -0.2) is 75.4 Å². The number of nitrogens with two attached hydrogens (primary N) is 1. The number of carboxylic acids is 2. The molecular formula is C22H30BN5O9S. The number of thioether (sulfide) groups is 1. The van der Waals surface area contributed by atoms with Crippen LogP contribution in [0.1, 0.15) is 43.6 Å². The highest BCUT2D eigenvalue weighted by Crippen LogP contribution is 2.30. The van der Waals surface area contributed by atoms with Crippen molar-refractivity contribution in [2.75, 3.05) is 6.54 Å². The summed E-state index contributed by atoms with van der Waals surface area (Å²) in [6.45, 7) is 6.03. The Bertz CT molecular complexity index is 1140. The number of nitrogens with zero attached hydrogens (tertiary/aromatic N) is 1. The maximum atomic E-state index is 13.1. The number of para-hydroxylation sites is 1. The van der Waals surface area contributed by atoms with Crippen molar-refractivity contribution in [1.29, 1.82) is 0 Å². The summed E-state index contributed by atoms with van der Waals surface area (Å²) < 4.78 is 5.39. The van der Waals surface area contributed by atoms with Crippen LogP contribution in [0.5, 0.6) is 5.75 Å². The van der Waals surface area contributed by atoms with Gasteiger partial charge in [0.1, 0.15) is 17.8 Å². The van der Waals surface area contributed by atoms with Crippen molar-refractivity contribution in [3.8, 4) is 5.75 Å². The first-order valence-electron chi connectivity index (χ1n) is 11.5. The zero-order valence-electron chi connectivity index (χ0n) is 21.2. The Morgan fingerprint density at radius 2 is 1.97 bits per heavy atom. The van der Waals surface area contributed by atoms with Crippen LogP contribution < -0.4 is 26.3 Å². The summed E-state index contributed by atoms with van der Waals surface area (Å²) in [4.78, 5) is 52.9. The average Bonchev–Trinajstić information content (AvgIpc) is 3.29. The minimum absolute atomic E-state index is 0.0110. The van der Waals surface area contributed by atoms with Gasteiger partial charge in [-0.1, -0.05) is 42.9 Å². The fraction of sp³-hybridized carbons (Fsp3) is 0.409. The largest absolute Gasteiger partial charge is 0.547 e. The number of amides is 2. The van der Waals surface area contributed by atoms with Crippen molar-refractivity contribution in [3.63, 3.8) is 0 Å². The molecule has 14 nitrogen and oxygen atoms in total. The summed E-state index contributed by atoms with van der Waals surface area (Å²) in [7, 11) is -1.57. The summed E-state index contributed by atoms with van der Waals surface area (Å²) in [5.41, 5.74) is 3.81. The molecule has 2 aliphatic heterocycles. The zero-order valence-corrected chi connectivity index (χ0v) is 22.0.